The van der Waals surface area contributed by atoms with E-state index in [-0.39, 0.29) is 37.1 Å². The Hall–Kier alpha value is -2.97. The third-order valence-electron chi connectivity index (χ3n) is 5.48. The van der Waals surface area contributed by atoms with Crippen molar-refractivity contribution in [3.8, 4) is 0 Å². The third kappa shape index (κ3) is 4.86. The van der Waals surface area contributed by atoms with Gasteiger partial charge in [-0.15, -0.1) is 0 Å². The standard InChI is InChI=1S/C23H24FN3O3S/c24-21-7-3-4-8-22(21)26-12-14-27(15-13-26)31(29,30)16-11-25-23(28)20-10-9-18-5-1-2-6-19(18)17-20/h1-10,17H,11-16H2,(H,25,28). The van der Waals surface area contributed by atoms with Crippen molar-refractivity contribution in [3.63, 3.8) is 0 Å². The van der Waals surface area contributed by atoms with Crippen molar-refractivity contribution < 1.29 is 17.6 Å². The Morgan fingerprint density at radius 2 is 1.58 bits per heavy atom. The minimum atomic E-state index is -3.51. The number of sulfonamides is 1. The number of hydrogen-bond donors (Lipinski definition) is 1. The molecule has 3 aromatic carbocycles. The van der Waals surface area contributed by atoms with Gasteiger partial charge >= 0.3 is 0 Å². The molecule has 1 saturated heterocycles. The lowest BCUT2D eigenvalue weighted by Gasteiger charge is -2.35. The van der Waals surface area contributed by atoms with E-state index >= 15 is 0 Å². The highest BCUT2D eigenvalue weighted by molar-refractivity contribution is 7.89. The number of halogens is 1. The first-order valence-corrected chi connectivity index (χ1v) is 11.8. The normalized spacial score (nSPS) is 15.2. The zero-order chi connectivity index (χ0) is 21.8. The maximum absolute atomic E-state index is 14.0. The van der Waals surface area contributed by atoms with E-state index in [1.165, 1.54) is 10.4 Å². The van der Waals surface area contributed by atoms with Crippen molar-refractivity contribution in [3.05, 3.63) is 78.1 Å². The van der Waals surface area contributed by atoms with Crippen LogP contribution in [0.25, 0.3) is 10.8 Å². The van der Waals surface area contributed by atoms with Crippen LogP contribution in [0.3, 0.4) is 0 Å². The first-order chi connectivity index (χ1) is 14.9. The summed E-state index contributed by atoms with van der Waals surface area (Å²) in [6.45, 7) is 1.44. The van der Waals surface area contributed by atoms with Crippen LogP contribution in [-0.2, 0) is 10.0 Å². The first-order valence-electron chi connectivity index (χ1n) is 10.2. The molecule has 0 saturated carbocycles. The summed E-state index contributed by atoms with van der Waals surface area (Å²) < 4.78 is 40.7. The lowest BCUT2D eigenvalue weighted by molar-refractivity contribution is 0.0956. The molecule has 31 heavy (non-hydrogen) atoms. The largest absolute Gasteiger partial charge is 0.367 e. The molecule has 1 aliphatic heterocycles. The van der Waals surface area contributed by atoms with Crippen LogP contribution in [0.5, 0.6) is 0 Å². The van der Waals surface area contributed by atoms with Crippen molar-refractivity contribution in [1.29, 1.82) is 0 Å². The minimum absolute atomic E-state index is 0.0293. The molecule has 1 N–H and O–H groups in total. The SMILES string of the molecule is O=C(NCCS(=O)(=O)N1CCN(c2ccccc2F)CC1)c1ccc2ccccc2c1. The fourth-order valence-corrected chi connectivity index (χ4v) is 5.11. The number of fused-ring (bicyclic) bond motifs is 1. The zero-order valence-electron chi connectivity index (χ0n) is 17.0. The number of hydrogen-bond acceptors (Lipinski definition) is 4. The van der Waals surface area contributed by atoms with Crippen LogP contribution >= 0.6 is 0 Å². The molecule has 0 radical (unpaired) electrons. The second-order valence-corrected chi connectivity index (χ2v) is 9.56. The molecule has 0 aromatic heterocycles. The molecule has 1 fully saturated rings. The van der Waals surface area contributed by atoms with Crippen molar-refractivity contribution >= 4 is 32.4 Å². The Labute approximate surface area is 181 Å². The van der Waals surface area contributed by atoms with Gasteiger partial charge in [-0.1, -0.05) is 42.5 Å². The summed E-state index contributed by atoms with van der Waals surface area (Å²) in [6, 6.07) is 19.6. The van der Waals surface area contributed by atoms with Crippen molar-refractivity contribution in [2.24, 2.45) is 0 Å². The molecule has 6 nitrogen and oxygen atoms in total. The Kier molecular flexibility index (Phi) is 6.20. The highest BCUT2D eigenvalue weighted by Crippen LogP contribution is 2.21. The predicted octanol–water partition coefficient (Wildman–Crippen LogP) is 2.86. The zero-order valence-corrected chi connectivity index (χ0v) is 17.8. The fraction of sp³-hybridized carbons (Fsp3) is 0.261. The average Bonchev–Trinajstić information content (AvgIpc) is 2.79. The Bertz CT molecular complexity index is 1190. The van der Waals surface area contributed by atoms with Crippen molar-refractivity contribution in [2.75, 3.05) is 43.4 Å². The smallest absolute Gasteiger partial charge is 0.251 e. The number of piperazine rings is 1. The molecule has 0 spiro atoms. The summed E-state index contributed by atoms with van der Waals surface area (Å²) in [5.41, 5.74) is 0.983. The highest BCUT2D eigenvalue weighted by Gasteiger charge is 2.27. The van der Waals surface area contributed by atoms with E-state index in [1.807, 2.05) is 35.2 Å². The van der Waals surface area contributed by atoms with Gasteiger partial charge in [-0.05, 0) is 35.0 Å². The number of anilines is 1. The van der Waals surface area contributed by atoms with Crippen LogP contribution in [0.15, 0.2) is 66.7 Å². The molecular formula is C23H24FN3O3S. The van der Waals surface area contributed by atoms with Gasteiger partial charge in [0.05, 0.1) is 11.4 Å². The van der Waals surface area contributed by atoms with E-state index < -0.39 is 10.0 Å². The van der Waals surface area contributed by atoms with Gasteiger partial charge in [0, 0.05) is 38.3 Å². The molecular weight excluding hydrogens is 417 g/mol. The number of nitrogens with zero attached hydrogens (tertiary/aromatic N) is 2. The number of amides is 1. The molecule has 0 unspecified atom stereocenters. The van der Waals surface area contributed by atoms with Crippen LogP contribution in [-0.4, -0.2) is 57.1 Å². The number of benzene rings is 3. The van der Waals surface area contributed by atoms with Gasteiger partial charge in [-0.2, -0.15) is 4.31 Å². The fourth-order valence-electron chi connectivity index (χ4n) is 3.77. The van der Waals surface area contributed by atoms with Gasteiger partial charge in [0.1, 0.15) is 5.82 Å². The summed E-state index contributed by atoms with van der Waals surface area (Å²) in [7, 11) is -3.51. The number of carbonyl (C=O) groups is 1. The van der Waals surface area contributed by atoms with Crippen molar-refractivity contribution in [2.45, 2.75) is 0 Å². The van der Waals surface area contributed by atoms with Crippen LogP contribution in [0.2, 0.25) is 0 Å². The monoisotopic (exact) mass is 441 g/mol. The molecule has 8 heteroatoms. The topological polar surface area (TPSA) is 69.7 Å². The lowest BCUT2D eigenvalue weighted by atomic mass is 10.1. The molecule has 1 aliphatic rings. The van der Waals surface area contributed by atoms with Gasteiger partial charge in [0.25, 0.3) is 5.91 Å². The van der Waals surface area contributed by atoms with Crippen LogP contribution < -0.4 is 10.2 Å². The third-order valence-corrected chi connectivity index (χ3v) is 7.35. The molecule has 1 amide bonds. The minimum Gasteiger partial charge on any atom is -0.367 e. The molecule has 4 rings (SSSR count). The molecule has 0 bridgehead atoms. The van der Waals surface area contributed by atoms with Gasteiger partial charge in [0.2, 0.25) is 10.0 Å². The van der Waals surface area contributed by atoms with E-state index in [0.717, 1.165) is 10.8 Å². The predicted molar refractivity (Wildman–Crippen MR) is 120 cm³/mol. The number of carbonyl (C=O) groups excluding carboxylic acids is 1. The maximum Gasteiger partial charge on any atom is 0.251 e. The van der Waals surface area contributed by atoms with Crippen LogP contribution in [0.4, 0.5) is 10.1 Å². The molecule has 3 aromatic rings. The van der Waals surface area contributed by atoms with Crippen LogP contribution in [0.1, 0.15) is 10.4 Å². The summed E-state index contributed by atoms with van der Waals surface area (Å²) in [5, 5.41) is 4.69. The highest BCUT2D eigenvalue weighted by atomic mass is 32.2. The maximum atomic E-state index is 14.0. The second kappa shape index (κ2) is 9.03. The molecule has 0 atom stereocenters. The van der Waals surface area contributed by atoms with Gasteiger partial charge in [-0.3, -0.25) is 4.79 Å². The van der Waals surface area contributed by atoms with E-state index in [2.05, 4.69) is 5.32 Å². The Morgan fingerprint density at radius 1 is 0.903 bits per heavy atom. The molecule has 162 valence electrons. The van der Waals surface area contributed by atoms with Crippen LogP contribution in [0, 0.1) is 5.82 Å². The van der Waals surface area contributed by atoms with Crippen molar-refractivity contribution in [1.82, 2.24) is 9.62 Å². The number of para-hydroxylation sites is 1. The van der Waals surface area contributed by atoms with E-state index in [4.69, 9.17) is 0 Å². The Morgan fingerprint density at radius 3 is 2.32 bits per heavy atom. The summed E-state index contributed by atoms with van der Waals surface area (Å²) in [5.74, 6) is -0.785. The average molecular weight is 442 g/mol. The van der Waals surface area contributed by atoms with Gasteiger partial charge < -0.3 is 10.2 Å². The first kappa shape index (κ1) is 21.3. The van der Waals surface area contributed by atoms with Gasteiger partial charge in [-0.25, -0.2) is 12.8 Å². The quantitative estimate of drug-likeness (QED) is 0.639. The van der Waals surface area contributed by atoms with Gasteiger partial charge in [0.15, 0.2) is 0 Å². The number of rotatable bonds is 6. The number of nitrogens with one attached hydrogen (secondary N) is 1. The summed E-state index contributed by atoms with van der Waals surface area (Å²) in [4.78, 5) is 14.3. The van der Waals surface area contributed by atoms with E-state index in [9.17, 15) is 17.6 Å². The molecule has 1 heterocycles. The second-order valence-electron chi connectivity index (χ2n) is 7.47. The lowest BCUT2D eigenvalue weighted by Crippen LogP contribution is -2.50. The summed E-state index contributed by atoms with van der Waals surface area (Å²) >= 11 is 0. The van der Waals surface area contributed by atoms with E-state index in [0.29, 0.717) is 24.3 Å². The Balaban J connectivity index is 1.30. The van der Waals surface area contributed by atoms with E-state index in [1.54, 1.807) is 30.3 Å². The molecule has 0 aliphatic carbocycles. The summed E-state index contributed by atoms with van der Waals surface area (Å²) in [6.07, 6.45) is 0.